The predicted octanol–water partition coefficient (Wildman–Crippen LogP) is 5.19. The fourth-order valence-electron chi connectivity index (χ4n) is 6.58. The van der Waals surface area contributed by atoms with Crippen LogP contribution in [0, 0.1) is 35.0 Å². The third kappa shape index (κ3) is 2.40. The van der Waals surface area contributed by atoms with Gasteiger partial charge in [0.15, 0.2) is 0 Å². The summed E-state index contributed by atoms with van der Waals surface area (Å²) in [4.78, 5) is 0. The zero-order valence-corrected chi connectivity index (χ0v) is 14.5. The van der Waals surface area contributed by atoms with Crippen molar-refractivity contribution in [1.29, 1.82) is 0 Å². The fraction of sp³-hybridized carbons (Fsp3) is 0.900. The van der Waals surface area contributed by atoms with Crippen LogP contribution in [-0.2, 0) is 0 Å². The summed E-state index contributed by atoms with van der Waals surface area (Å²) in [5.74, 6) is 3.40. The number of aliphatic hydroxyl groups is 1. The first-order valence-electron chi connectivity index (χ1n) is 9.14. The molecule has 0 amide bonds. The molecule has 0 saturated heterocycles. The lowest BCUT2D eigenvalue weighted by Gasteiger charge is -2.61. The second-order valence-electron chi connectivity index (χ2n) is 9.12. The molecular weight excluding hydrogens is 256 g/mol. The lowest BCUT2D eigenvalue weighted by molar-refractivity contribution is -0.158. The molecule has 1 heteroatoms. The van der Waals surface area contributed by atoms with Crippen molar-refractivity contribution < 1.29 is 5.11 Å². The molecule has 0 aromatic heterocycles. The summed E-state index contributed by atoms with van der Waals surface area (Å²) in [5.41, 5.74) is 1.43. The van der Waals surface area contributed by atoms with Crippen molar-refractivity contribution in [2.24, 2.45) is 35.0 Å². The molecule has 0 spiro atoms. The highest BCUT2D eigenvalue weighted by molar-refractivity contribution is 5.13. The number of hydrogen-bond donors (Lipinski definition) is 1. The van der Waals surface area contributed by atoms with Crippen molar-refractivity contribution in [1.82, 2.24) is 0 Å². The molecule has 1 nitrogen and oxygen atoms in total. The second-order valence-corrected chi connectivity index (χ2v) is 9.12. The molecule has 0 aromatic carbocycles. The molecular formula is C20H34O. The van der Waals surface area contributed by atoms with Crippen LogP contribution in [0.25, 0.3) is 0 Å². The van der Waals surface area contributed by atoms with Crippen LogP contribution >= 0.6 is 0 Å². The number of fused-ring (bicyclic) bond motifs is 3. The van der Waals surface area contributed by atoms with E-state index in [0.29, 0.717) is 23.2 Å². The molecule has 7 atom stereocenters. The summed E-state index contributed by atoms with van der Waals surface area (Å²) in [6, 6.07) is 0. The normalized spacial score (nSPS) is 53.7. The van der Waals surface area contributed by atoms with Crippen molar-refractivity contribution in [2.75, 3.05) is 0 Å². The molecule has 0 radical (unpaired) electrons. The molecule has 1 N–H and O–H groups in total. The molecule has 0 heterocycles. The van der Waals surface area contributed by atoms with E-state index in [0.717, 1.165) is 24.7 Å². The van der Waals surface area contributed by atoms with E-state index in [1.165, 1.54) is 37.7 Å². The van der Waals surface area contributed by atoms with Gasteiger partial charge < -0.3 is 5.11 Å². The van der Waals surface area contributed by atoms with Gasteiger partial charge in [-0.25, -0.2) is 0 Å². The van der Waals surface area contributed by atoms with Crippen LogP contribution < -0.4 is 0 Å². The molecule has 0 unspecified atom stereocenters. The van der Waals surface area contributed by atoms with Crippen LogP contribution in [0.4, 0.5) is 0 Å². The van der Waals surface area contributed by atoms with Gasteiger partial charge >= 0.3 is 0 Å². The highest BCUT2D eigenvalue weighted by atomic mass is 16.3. The van der Waals surface area contributed by atoms with Crippen molar-refractivity contribution in [3.63, 3.8) is 0 Å². The standard InChI is InChI=1S/C20H34O/c1-13(2)15-8-12-20(5,21)16-9-11-19(4)10-6-7-14(3)18(19)17(15)16/h14-18,21H,1,6-12H2,2-5H3/t14-,15-,16+,17-,18+,19+,20-/m0/s1. The van der Waals surface area contributed by atoms with Gasteiger partial charge in [0.25, 0.3) is 0 Å². The highest BCUT2D eigenvalue weighted by Gasteiger charge is 2.57. The topological polar surface area (TPSA) is 20.2 Å². The maximum absolute atomic E-state index is 11.0. The average molecular weight is 290 g/mol. The summed E-state index contributed by atoms with van der Waals surface area (Å²) in [5, 5.41) is 11.0. The molecule has 3 fully saturated rings. The molecule has 21 heavy (non-hydrogen) atoms. The third-order valence-electron chi connectivity index (χ3n) is 7.59. The maximum atomic E-state index is 11.0. The maximum Gasteiger partial charge on any atom is 0.0651 e. The van der Waals surface area contributed by atoms with Crippen LogP contribution in [0.3, 0.4) is 0 Å². The van der Waals surface area contributed by atoms with Crippen LogP contribution in [0.1, 0.15) is 72.6 Å². The highest BCUT2D eigenvalue weighted by Crippen LogP contribution is 2.63. The SMILES string of the molecule is C=C(C)[C@@H]1CC[C@](C)(O)[C@@H]2CC[C@@]3(C)CCC[C@H](C)[C@@H]3[C@H]21. The predicted molar refractivity (Wildman–Crippen MR) is 89.0 cm³/mol. The van der Waals surface area contributed by atoms with E-state index >= 15 is 0 Å². The first-order valence-corrected chi connectivity index (χ1v) is 9.14. The van der Waals surface area contributed by atoms with Gasteiger partial charge in [-0.05, 0) is 81.0 Å². The number of hydrogen-bond acceptors (Lipinski definition) is 1. The van der Waals surface area contributed by atoms with Gasteiger partial charge in [-0.1, -0.05) is 38.8 Å². The number of rotatable bonds is 1. The fourth-order valence-corrected chi connectivity index (χ4v) is 6.58. The van der Waals surface area contributed by atoms with Crippen molar-refractivity contribution in [2.45, 2.75) is 78.2 Å². The minimum Gasteiger partial charge on any atom is -0.390 e. The summed E-state index contributed by atoms with van der Waals surface area (Å²) < 4.78 is 0. The summed E-state index contributed by atoms with van der Waals surface area (Å²) >= 11 is 0. The molecule has 3 aliphatic carbocycles. The Kier molecular flexibility index (Phi) is 3.80. The van der Waals surface area contributed by atoms with Gasteiger partial charge in [-0.3, -0.25) is 0 Å². The monoisotopic (exact) mass is 290 g/mol. The van der Waals surface area contributed by atoms with E-state index in [1.807, 2.05) is 0 Å². The van der Waals surface area contributed by atoms with Gasteiger partial charge in [0, 0.05) is 0 Å². The van der Waals surface area contributed by atoms with Gasteiger partial charge in [-0.15, -0.1) is 0 Å². The Hall–Kier alpha value is -0.300. The van der Waals surface area contributed by atoms with Gasteiger partial charge in [0.05, 0.1) is 5.60 Å². The van der Waals surface area contributed by atoms with Gasteiger partial charge in [-0.2, -0.15) is 0 Å². The van der Waals surface area contributed by atoms with E-state index in [-0.39, 0.29) is 0 Å². The average Bonchev–Trinajstić information content (AvgIpc) is 2.36. The molecule has 3 rings (SSSR count). The van der Waals surface area contributed by atoms with Crippen LogP contribution in [0.2, 0.25) is 0 Å². The smallest absolute Gasteiger partial charge is 0.0651 e. The Labute approximate surface area is 131 Å². The lowest BCUT2D eigenvalue weighted by Crippen LogP contribution is -2.57. The van der Waals surface area contributed by atoms with E-state index in [1.54, 1.807) is 0 Å². The van der Waals surface area contributed by atoms with E-state index < -0.39 is 5.60 Å². The quantitative estimate of drug-likeness (QED) is 0.659. The first kappa shape index (κ1) is 15.6. The molecule has 0 aromatic rings. The minimum atomic E-state index is -0.449. The van der Waals surface area contributed by atoms with Crippen LogP contribution in [-0.4, -0.2) is 10.7 Å². The molecule has 3 aliphatic rings. The number of allylic oxidation sites excluding steroid dienone is 1. The van der Waals surface area contributed by atoms with Crippen molar-refractivity contribution >= 4 is 0 Å². The van der Waals surface area contributed by atoms with E-state index in [4.69, 9.17) is 0 Å². The van der Waals surface area contributed by atoms with Crippen LogP contribution in [0.5, 0.6) is 0 Å². The molecule has 120 valence electrons. The van der Waals surface area contributed by atoms with E-state index in [2.05, 4.69) is 34.3 Å². The summed E-state index contributed by atoms with van der Waals surface area (Å²) in [6.07, 6.45) is 8.83. The first-order chi connectivity index (χ1) is 9.76. The Morgan fingerprint density at radius 3 is 2.48 bits per heavy atom. The molecule has 0 bridgehead atoms. The summed E-state index contributed by atoms with van der Waals surface area (Å²) in [7, 11) is 0. The Bertz CT molecular complexity index is 424. The Morgan fingerprint density at radius 1 is 1.10 bits per heavy atom. The van der Waals surface area contributed by atoms with E-state index in [9.17, 15) is 5.11 Å². The third-order valence-corrected chi connectivity index (χ3v) is 7.59. The molecule has 0 aliphatic heterocycles. The largest absolute Gasteiger partial charge is 0.390 e. The van der Waals surface area contributed by atoms with Crippen molar-refractivity contribution in [3.05, 3.63) is 12.2 Å². The Balaban J connectivity index is 2.01. The zero-order chi connectivity index (χ0) is 15.4. The van der Waals surface area contributed by atoms with Gasteiger partial charge in [0.2, 0.25) is 0 Å². The second kappa shape index (κ2) is 5.11. The zero-order valence-electron chi connectivity index (χ0n) is 14.5. The lowest BCUT2D eigenvalue weighted by atomic mass is 9.44. The van der Waals surface area contributed by atoms with Gasteiger partial charge in [0.1, 0.15) is 0 Å². The summed E-state index contributed by atoms with van der Waals surface area (Å²) in [6.45, 7) is 13.7. The molecule has 3 saturated carbocycles. The minimum absolute atomic E-state index is 0.449. The van der Waals surface area contributed by atoms with Crippen LogP contribution in [0.15, 0.2) is 12.2 Å². The Morgan fingerprint density at radius 2 is 1.81 bits per heavy atom. The van der Waals surface area contributed by atoms with Crippen molar-refractivity contribution in [3.8, 4) is 0 Å².